The number of anilines is 2. The molecule has 9 heteroatoms. The standard InChI is InChI=1S/C14H15F3N6/c15-14(16,17)11-5-7-18-13(21-11)19-9-10-3-2-8-23(10)12-4-1-6-20-22-12/h1,4-7,10H,2-3,8-9H2,(H,18,19,21). The van der Waals surface area contributed by atoms with Crippen molar-refractivity contribution >= 4 is 11.8 Å². The first kappa shape index (κ1) is 15.4. The van der Waals surface area contributed by atoms with Crippen LogP contribution < -0.4 is 10.2 Å². The van der Waals surface area contributed by atoms with E-state index in [0.29, 0.717) is 6.54 Å². The fourth-order valence-corrected chi connectivity index (χ4v) is 2.61. The van der Waals surface area contributed by atoms with Crippen molar-refractivity contribution in [1.82, 2.24) is 20.2 Å². The van der Waals surface area contributed by atoms with E-state index in [1.54, 1.807) is 12.3 Å². The van der Waals surface area contributed by atoms with Gasteiger partial charge < -0.3 is 10.2 Å². The monoisotopic (exact) mass is 324 g/mol. The summed E-state index contributed by atoms with van der Waals surface area (Å²) in [6.45, 7) is 1.28. The van der Waals surface area contributed by atoms with Crippen LogP contribution in [0, 0.1) is 0 Å². The van der Waals surface area contributed by atoms with E-state index in [1.165, 1.54) is 0 Å². The molecule has 1 aliphatic rings. The predicted molar refractivity (Wildman–Crippen MR) is 77.9 cm³/mol. The smallest absolute Gasteiger partial charge is 0.352 e. The van der Waals surface area contributed by atoms with E-state index in [9.17, 15) is 13.2 Å². The number of rotatable bonds is 4. The fourth-order valence-electron chi connectivity index (χ4n) is 2.61. The minimum Gasteiger partial charge on any atom is -0.352 e. The minimum atomic E-state index is -4.47. The average molecular weight is 324 g/mol. The summed E-state index contributed by atoms with van der Waals surface area (Å²) >= 11 is 0. The maximum atomic E-state index is 12.7. The summed E-state index contributed by atoms with van der Waals surface area (Å²) in [7, 11) is 0. The van der Waals surface area contributed by atoms with Gasteiger partial charge in [-0.3, -0.25) is 0 Å². The number of hydrogen-bond acceptors (Lipinski definition) is 6. The predicted octanol–water partition coefficient (Wildman–Crippen LogP) is 2.37. The third kappa shape index (κ3) is 3.66. The van der Waals surface area contributed by atoms with Gasteiger partial charge in [0.2, 0.25) is 5.95 Å². The van der Waals surface area contributed by atoms with Crippen LogP contribution in [-0.4, -0.2) is 39.3 Å². The molecule has 0 saturated carbocycles. The molecule has 3 rings (SSSR count). The Kier molecular flexibility index (Phi) is 4.26. The Morgan fingerprint density at radius 3 is 2.87 bits per heavy atom. The number of nitrogens with one attached hydrogen (secondary N) is 1. The van der Waals surface area contributed by atoms with Gasteiger partial charge >= 0.3 is 6.18 Å². The molecular formula is C14H15F3N6. The van der Waals surface area contributed by atoms with Crippen LogP contribution in [0.25, 0.3) is 0 Å². The molecule has 0 aliphatic carbocycles. The summed E-state index contributed by atoms with van der Waals surface area (Å²) in [4.78, 5) is 9.44. The molecule has 1 N–H and O–H groups in total. The van der Waals surface area contributed by atoms with Crippen LogP contribution in [0.15, 0.2) is 30.6 Å². The van der Waals surface area contributed by atoms with Crippen LogP contribution >= 0.6 is 0 Å². The Hall–Kier alpha value is -2.45. The number of alkyl halides is 3. The number of aromatic nitrogens is 4. The molecule has 122 valence electrons. The highest BCUT2D eigenvalue weighted by Gasteiger charge is 2.33. The first-order chi connectivity index (χ1) is 11.0. The summed E-state index contributed by atoms with van der Waals surface area (Å²) < 4.78 is 38.0. The molecule has 0 spiro atoms. The highest BCUT2D eigenvalue weighted by atomic mass is 19.4. The number of halogens is 3. The van der Waals surface area contributed by atoms with E-state index in [0.717, 1.165) is 37.5 Å². The lowest BCUT2D eigenvalue weighted by Crippen LogP contribution is -2.35. The van der Waals surface area contributed by atoms with Crippen LogP contribution in [0.4, 0.5) is 24.9 Å². The maximum Gasteiger partial charge on any atom is 0.433 e. The zero-order valence-electron chi connectivity index (χ0n) is 12.2. The molecule has 0 bridgehead atoms. The molecule has 1 atom stereocenters. The van der Waals surface area contributed by atoms with Crippen molar-refractivity contribution in [3.05, 3.63) is 36.3 Å². The molecule has 2 aromatic rings. The van der Waals surface area contributed by atoms with E-state index >= 15 is 0 Å². The van der Waals surface area contributed by atoms with Crippen molar-refractivity contribution in [3.8, 4) is 0 Å². The maximum absolute atomic E-state index is 12.7. The van der Waals surface area contributed by atoms with Crippen molar-refractivity contribution in [3.63, 3.8) is 0 Å². The molecule has 0 amide bonds. The van der Waals surface area contributed by atoms with Gasteiger partial charge in [0.1, 0.15) is 5.69 Å². The lowest BCUT2D eigenvalue weighted by Gasteiger charge is -2.25. The van der Waals surface area contributed by atoms with Gasteiger partial charge in [0.05, 0.1) is 0 Å². The highest BCUT2D eigenvalue weighted by molar-refractivity contribution is 5.40. The minimum absolute atomic E-state index is 0.0224. The molecule has 1 unspecified atom stereocenters. The first-order valence-corrected chi connectivity index (χ1v) is 7.22. The zero-order chi connectivity index (χ0) is 16.3. The van der Waals surface area contributed by atoms with E-state index in [2.05, 4.69) is 30.4 Å². The van der Waals surface area contributed by atoms with E-state index < -0.39 is 11.9 Å². The second kappa shape index (κ2) is 6.35. The van der Waals surface area contributed by atoms with Gasteiger partial charge in [0, 0.05) is 31.5 Å². The molecule has 6 nitrogen and oxygen atoms in total. The molecule has 0 radical (unpaired) electrons. The molecule has 1 saturated heterocycles. The number of hydrogen-bond donors (Lipinski definition) is 1. The molecule has 2 aromatic heterocycles. The van der Waals surface area contributed by atoms with Gasteiger partial charge in [0.15, 0.2) is 5.82 Å². The van der Waals surface area contributed by atoms with Crippen LogP contribution in [0.5, 0.6) is 0 Å². The molecule has 3 heterocycles. The summed E-state index contributed by atoms with van der Waals surface area (Å²) in [5, 5.41) is 10.8. The second-order valence-corrected chi connectivity index (χ2v) is 5.22. The Bertz CT molecular complexity index is 648. The van der Waals surface area contributed by atoms with Crippen LogP contribution in [-0.2, 0) is 6.18 Å². The van der Waals surface area contributed by atoms with Gasteiger partial charge in [-0.05, 0) is 31.0 Å². The summed E-state index contributed by atoms with van der Waals surface area (Å²) in [6, 6.07) is 4.64. The third-order valence-corrected chi connectivity index (χ3v) is 3.67. The van der Waals surface area contributed by atoms with Gasteiger partial charge in [-0.2, -0.15) is 18.3 Å². The lowest BCUT2D eigenvalue weighted by molar-refractivity contribution is -0.141. The Labute approximate surface area is 130 Å². The summed E-state index contributed by atoms with van der Waals surface area (Å²) in [5.41, 5.74) is -0.952. The van der Waals surface area contributed by atoms with Gasteiger partial charge in [-0.1, -0.05) is 0 Å². The third-order valence-electron chi connectivity index (χ3n) is 3.67. The summed E-state index contributed by atoms with van der Waals surface area (Å²) in [6.07, 6.45) is 0.143. The van der Waals surface area contributed by atoms with Crippen LogP contribution in [0.2, 0.25) is 0 Å². The van der Waals surface area contributed by atoms with E-state index in [4.69, 9.17) is 0 Å². The lowest BCUT2D eigenvalue weighted by atomic mass is 10.2. The largest absolute Gasteiger partial charge is 0.433 e. The normalized spacial score (nSPS) is 18.2. The first-order valence-electron chi connectivity index (χ1n) is 7.22. The molecule has 1 aliphatic heterocycles. The summed E-state index contributed by atoms with van der Waals surface area (Å²) in [5.74, 6) is 0.743. The average Bonchev–Trinajstić information content (AvgIpc) is 3.02. The Morgan fingerprint density at radius 1 is 1.26 bits per heavy atom. The molecular weight excluding hydrogens is 309 g/mol. The quantitative estimate of drug-likeness (QED) is 0.931. The van der Waals surface area contributed by atoms with E-state index in [-0.39, 0.29) is 12.0 Å². The van der Waals surface area contributed by atoms with Gasteiger partial charge in [-0.15, -0.1) is 5.10 Å². The van der Waals surface area contributed by atoms with E-state index in [1.807, 2.05) is 6.07 Å². The molecule has 1 fully saturated rings. The van der Waals surface area contributed by atoms with Gasteiger partial charge in [0.25, 0.3) is 0 Å². The van der Waals surface area contributed by atoms with Crippen molar-refractivity contribution in [2.45, 2.75) is 25.1 Å². The van der Waals surface area contributed by atoms with Crippen LogP contribution in [0.3, 0.4) is 0 Å². The van der Waals surface area contributed by atoms with Crippen molar-refractivity contribution < 1.29 is 13.2 Å². The topological polar surface area (TPSA) is 66.8 Å². The fraction of sp³-hybridized carbons (Fsp3) is 0.429. The highest BCUT2D eigenvalue weighted by Crippen LogP contribution is 2.28. The van der Waals surface area contributed by atoms with Crippen molar-refractivity contribution in [2.75, 3.05) is 23.3 Å². The Balaban J connectivity index is 1.66. The SMILES string of the molecule is FC(F)(F)c1ccnc(NCC2CCCN2c2cccnn2)n1. The van der Waals surface area contributed by atoms with Gasteiger partial charge in [-0.25, -0.2) is 9.97 Å². The van der Waals surface area contributed by atoms with Crippen molar-refractivity contribution in [1.29, 1.82) is 0 Å². The second-order valence-electron chi connectivity index (χ2n) is 5.22. The zero-order valence-corrected chi connectivity index (χ0v) is 12.2. The van der Waals surface area contributed by atoms with Crippen molar-refractivity contribution in [2.24, 2.45) is 0 Å². The number of nitrogens with zero attached hydrogens (tertiary/aromatic N) is 5. The van der Waals surface area contributed by atoms with Crippen LogP contribution in [0.1, 0.15) is 18.5 Å². The molecule has 23 heavy (non-hydrogen) atoms. The Morgan fingerprint density at radius 2 is 2.13 bits per heavy atom. The molecule has 0 aromatic carbocycles.